The molecular formula is C14H20N2O3S2. The molecule has 7 heteroatoms. The van der Waals surface area contributed by atoms with E-state index in [1.807, 2.05) is 6.92 Å². The van der Waals surface area contributed by atoms with Gasteiger partial charge in [0.1, 0.15) is 0 Å². The number of aryl methyl sites for hydroxylation is 1. The molecule has 0 fully saturated rings. The molecule has 0 radical (unpaired) electrons. The molecule has 0 aromatic carbocycles. The first-order chi connectivity index (χ1) is 9.58. The molecule has 3 N–H and O–H groups in total. The Bertz CT molecular complexity index is 692. The highest BCUT2D eigenvalue weighted by atomic mass is 32.2. The molecule has 0 unspecified atom stereocenters. The number of rotatable bonds is 4. The molecular weight excluding hydrogens is 308 g/mol. The lowest BCUT2D eigenvalue weighted by molar-refractivity contribution is 0.0954. The van der Waals surface area contributed by atoms with Gasteiger partial charge < -0.3 is 11.1 Å². The number of sulfone groups is 1. The number of hydrogen-bond acceptors (Lipinski definition) is 5. The second-order valence-corrected chi connectivity index (χ2v) is 9.04. The zero-order valence-corrected chi connectivity index (χ0v) is 14.2. The van der Waals surface area contributed by atoms with Crippen LogP contribution in [0.1, 0.15) is 34.0 Å². The van der Waals surface area contributed by atoms with E-state index in [0.29, 0.717) is 4.88 Å². The molecule has 0 aliphatic carbocycles. The van der Waals surface area contributed by atoms with Gasteiger partial charge >= 0.3 is 0 Å². The zero-order valence-electron chi connectivity index (χ0n) is 12.6. The number of nitrogens with two attached hydrogens (primary N) is 1. The van der Waals surface area contributed by atoms with Crippen LogP contribution in [0.15, 0.2) is 6.07 Å². The van der Waals surface area contributed by atoms with E-state index in [1.54, 1.807) is 19.9 Å². The van der Waals surface area contributed by atoms with Gasteiger partial charge in [-0.05, 0) is 32.4 Å². The van der Waals surface area contributed by atoms with Crippen LogP contribution in [0.3, 0.4) is 0 Å². The Morgan fingerprint density at radius 2 is 2.10 bits per heavy atom. The Hall–Kier alpha value is -1.36. The van der Waals surface area contributed by atoms with Gasteiger partial charge in [0.05, 0.1) is 21.0 Å². The minimum atomic E-state index is -3.24. The van der Waals surface area contributed by atoms with Gasteiger partial charge in [0, 0.05) is 12.8 Å². The van der Waals surface area contributed by atoms with Gasteiger partial charge in [0.15, 0.2) is 9.84 Å². The second kappa shape index (κ2) is 6.60. The lowest BCUT2D eigenvalue weighted by Crippen LogP contribution is -2.43. The van der Waals surface area contributed by atoms with Crippen molar-refractivity contribution in [2.75, 3.05) is 19.3 Å². The molecule has 116 valence electrons. The molecule has 1 heterocycles. The smallest absolute Gasteiger partial charge is 0.261 e. The van der Waals surface area contributed by atoms with Crippen LogP contribution in [-0.2, 0) is 9.84 Å². The Balaban J connectivity index is 2.82. The van der Waals surface area contributed by atoms with Gasteiger partial charge in [-0.25, -0.2) is 8.42 Å². The fraction of sp³-hybridized carbons (Fsp3) is 0.500. The van der Waals surface area contributed by atoms with E-state index >= 15 is 0 Å². The Labute approximate surface area is 129 Å². The number of nitrogens with one attached hydrogen (secondary N) is 1. The highest BCUT2D eigenvalue weighted by molar-refractivity contribution is 7.92. The van der Waals surface area contributed by atoms with E-state index in [0.717, 1.165) is 16.7 Å². The SMILES string of the molecule is Cc1cc(C(=O)NCC(C)(C)S(C)(=O)=O)sc1C#CCN. The van der Waals surface area contributed by atoms with Crippen LogP contribution in [0.2, 0.25) is 0 Å². The van der Waals surface area contributed by atoms with Crippen LogP contribution in [0.5, 0.6) is 0 Å². The molecule has 0 aliphatic heterocycles. The van der Waals surface area contributed by atoms with Crippen LogP contribution in [0, 0.1) is 18.8 Å². The maximum atomic E-state index is 12.1. The van der Waals surface area contributed by atoms with E-state index < -0.39 is 14.6 Å². The van der Waals surface area contributed by atoms with Crippen molar-refractivity contribution in [2.24, 2.45) is 5.73 Å². The van der Waals surface area contributed by atoms with Crippen LogP contribution in [-0.4, -0.2) is 38.4 Å². The maximum absolute atomic E-state index is 12.1. The molecule has 5 nitrogen and oxygen atoms in total. The largest absolute Gasteiger partial charge is 0.350 e. The first-order valence-electron chi connectivity index (χ1n) is 6.35. The summed E-state index contributed by atoms with van der Waals surface area (Å²) in [5, 5.41) is 2.66. The van der Waals surface area contributed by atoms with E-state index in [9.17, 15) is 13.2 Å². The number of carbonyl (C=O) groups excluding carboxylic acids is 1. The summed E-state index contributed by atoms with van der Waals surface area (Å²) in [6.07, 6.45) is 1.16. The fourth-order valence-corrected chi connectivity index (χ4v) is 2.66. The predicted molar refractivity (Wildman–Crippen MR) is 86.2 cm³/mol. The van der Waals surface area contributed by atoms with Crippen molar-refractivity contribution in [3.63, 3.8) is 0 Å². The standard InChI is InChI=1S/C14H20N2O3S2/c1-10-8-12(20-11(10)6-5-7-15)13(17)16-9-14(2,3)21(4,18)19/h8H,7,9,15H2,1-4H3,(H,16,17). The molecule has 1 aromatic heterocycles. The van der Waals surface area contributed by atoms with Crippen molar-refractivity contribution in [2.45, 2.75) is 25.5 Å². The molecule has 0 bridgehead atoms. The fourth-order valence-electron chi connectivity index (χ4n) is 1.36. The first kappa shape index (κ1) is 17.7. The number of amides is 1. The monoisotopic (exact) mass is 328 g/mol. The van der Waals surface area contributed by atoms with Crippen molar-refractivity contribution in [3.8, 4) is 11.8 Å². The molecule has 1 aromatic rings. The van der Waals surface area contributed by atoms with E-state index in [2.05, 4.69) is 17.2 Å². The third-order valence-corrected chi connectivity index (χ3v) is 6.43. The normalized spacial score (nSPS) is 11.7. The summed E-state index contributed by atoms with van der Waals surface area (Å²) in [6.45, 7) is 5.36. The molecule has 0 spiro atoms. The summed E-state index contributed by atoms with van der Waals surface area (Å²) in [5.74, 6) is 5.37. The quantitative estimate of drug-likeness (QED) is 0.804. The van der Waals surface area contributed by atoms with Gasteiger partial charge in [-0.2, -0.15) is 0 Å². The highest BCUT2D eigenvalue weighted by Gasteiger charge is 2.30. The molecule has 21 heavy (non-hydrogen) atoms. The molecule has 0 atom stereocenters. The molecule has 0 aliphatic rings. The Kier molecular flexibility index (Phi) is 5.56. The van der Waals surface area contributed by atoms with Crippen LogP contribution >= 0.6 is 11.3 Å². The Morgan fingerprint density at radius 1 is 1.48 bits per heavy atom. The Morgan fingerprint density at radius 3 is 2.62 bits per heavy atom. The molecule has 1 amide bonds. The summed E-state index contributed by atoms with van der Waals surface area (Å²) in [7, 11) is -3.24. The lowest BCUT2D eigenvalue weighted by Gasteiger charge is -2.22. The lowest BCUT2D eigenvalue weighted by atomic mass is 10.2. The van der Waals surface area contributed by atoms with Crippen molar-refractivity contribution >= 4 is 27.1 Å². The maximum Gasteiger partial charge on any atom is 0.261 e. The summed E-state index contributed by atoms with van der Waals surface area (Å²) < 4.78 is 22.2. The molecule has 0 saturated heterocycles. The number of thiophene rings is 1. The van der Waals surface area contributed by atoms with Crippen LogP contribution < -0.4 is 11.1 Å². The average molecular weight is 328 g/mol. The number of hydrogen-bond donors (Lipinski definition) is 2. The van der Waals surface area contributed by atoms with E-state index in [1.165, 1.54) is 11.3 Å². The summed E-state index contributed by atoms with van der Waals surface area (Å²) in [6, 6.07) is 1.74. The van der Waals surface area contributed by atoms with Crippen molar-refractivity contribution in [1.82, 2.24) is 5.32 Å². The van der Waals surface area contributed by atoms with Crippen molar-refractivity contribution in [3.05, 3.63) is 21.4 Å². The first-order valence-corrected chi connectivity index (χ1v) is 9.06. The van der Waals surface area contributed by atoms with Gasteiger partial charge in [-0.15, -0.1) is 11.3 Å². The molecule has 0 saturated carbocycles. The third-order valence-electron chi connectivity index (χ3n) is 3.12. The summed E-state index contributed by atoms with van der Waals surface area (Å²) >= 11 is 1.27. The van der Waals surface area contributed by atoms with Gasteiger partial charge in [0.2, 0.25) is 0 Å². The van der Waals surface area contributed by atoms with Gasteiger partial charge in [-0.1, -0.05) is 11.8 Å². The topological polar surface area (TPSA) is 89.3 Å². The van der Waals surface area contributed by atoms with Crippen molar-refractivity contribution < 1.29 is 13.2 Å². The van der Waals surface area contributed by atoms with E-state index in [4.69, 9.17) is 5.73 Å². The van der Waals surface area contributed by atoms with Crippen molar-refractivity contribution in [1.29, 1.82) is 0 Å². The van der Waals surface area contributed by atoms with E-state index in [-0.39, 0.29) is 19.0 Å². The third kappa shape index (κ3) is 4.56. The minimum Gasteiger partial charge on any atom is -0.350 e. The van der Waals surface area contributed by atoms with Gasteiger partial charge in [0.25, 0.3) is 5.91 Å². The van der Waals surface area contributed by atoms with Crippen LogP contribution in [0.4, 0.5) is 0 Å². The number of carbonyl (C=O) groups is 1. The van der Waals surface area contributed by atoms with Crippen LogP contribution in [0.25, 0.3) is 0 Å². The summed E-state index contributed by atoms with van der Waals surface area (Å²) in [4.78, 5) is 13.4. The second-order valence-electron chi connectivity index (χ2n) is 5.34. The minimum absolute atomic E-state index is 0.0609. The average Bonchev–Trinajstić information content (AvgIpc) is 2.73. The summed E-state index contributed by atoms with van der Waals surface area (Å²) in [5.41, 5.74) is 6.23. The highest BCUT2D eigenvalue weighted by Crippen LogP contribution is 2.21. The predicted octanol–water partition coefficient (Wildman–Crippen LogP) is 0.920. The molecule has 1 rings (SSSR count). The zero-order chi connectivity index (χ0) is 16.3. The van der Waals surface area contributed by atoms with Gasteiger partial charge in [-0.3, -0.25) is 4.79 Å².